The second-order valence-corrected chi connectivity index (χ2v) is 5.12. The van der Waals surface area contributed by atoms with Crippen LogP contribution in [-0.2, 0) is 0 Å². The Balaban J connectivity index is 3.40. The minimum absolute atomic E-state index is 0.159. The van der Waals surface area contributed by atoms with Crippen molar-refractivity contribution >= 4 is 21.9 Å². The van der Waals surface area contributed by atoms with Crippen molar-refractivity contribution in [2.75, 3.05) is 0 Å². The fourth-order valence-electron chi connectivity index (χ4n) is 2.41. The van der Waals surface area contributed by atoms with Gasteiger partial charge in [-0.25, -0.2) is 26.3 Å². The predicted octanol–water partition coefficient (Wildman–Crippen LogP) is 2.96. The van der Waals surface area contributed by atoms with Crippen molar-refractivity contribution in [3.63, 3.8) is 0 Å². The summed E-state index contributed by atoms with van der Waals surface area (Å²) in [6.45, 7) is 1.54. The zero-order valence-electron chi connectivity index (χ0n) is 13.8. The molecule has 0 atom stereocenters. The highest BCUT2D eigenvalue weighted by molar-refractivity contribution is 5.89. The largest absolute Gasteiger partial charge is 0.205 e. The topological polar surface area (TPSA) is 71.4 Å². The Bertz CT molecular complexity index is 1330. The van der Waals surface area contributed by atoms with Crippen LogP contribution < -0.4 is 10.4 Å². The Hall–Kier alpha value is -3.95. The zero-order chi connectivity index (χ0) is 21.2. The third kappa shape index (κ3) is 2.90. The summed E-state index contributed by atoms with van der Waals surface area (Å²) in [6.07, 6.45) is 0.159. The molecule has 0 heterocycles. The van der Waals surface area contributed by atoms with E-state index in [1.807, 2.05) is 0 Å². The second-order valence-electron chi connectivity index (χ2n) is 5.12. The molecule has 0 aliphatic rings. The quantitative estimate of drug-likeness (QED) is 0.395. The molecule has 3 nitrogen and oxygen atoms in total. The van der Waals surface area contributed by atoms with Gasteiger partial charge in [-0.15, -0.1) is 0 Å². The Labute approximate surface area is 153 Å². The summed E-state index contributed by atoms with van der Waals surface area (Å²) in [6, 6.07) is 3.49. The molecule has 2 aromatic carbocycles. The molecule has 0 spiro atoms. The highest BCUT2D eigenvalue weighted by Crippen LogP contribution is 2.26. The Morgan fingerprint density at radius 1 is 0.643 bits per heavy atom. The molecule has 9 heteroatoms. The van der Waals surface area contributed by atoms with Gasteiger partial charge < -0.3 is 0 Å². The minimum Gasteiger partial charge on any atom is -0.205 e. The highest BCUT2D eigenvalue weighted by atomic mass is 19.2. The predicted molar refractivity (Wildman–Crippen MR) is 84.7 cm³/mol. The van der Waals surface area contributed by atoms with E-state index >= 15 is 0 Å². The Kier molecular flexibility index (Phi) is 5.63. The van der Waals surface area contributed by atoms with Crippen molar-refractivity contribution in [2.45, 2.75) is 13.3 Å². The summed E-state index contributed by atoms with van der Waals surface area (Å²) in [5.41, 5.74) is -2.18. The summed E-state index contributed by atoms with van der Waals surface area (Å²) in [4.78, 5) is 0. The molecular weight excluding hydrogens is 384 g/mol. The maximum Gasteiger partial charge on any atom is 0.171 e. The highest BCUT2D eigenvalue weighted by Gasteiger charge is 2.28. The van der Waals surface area contributed by atoms with Gasteiger partial charge in [-0.2, -0.15) is 15.8 Å². The Morgan fingerprint density at radius 2 is 1.04 bits per heavy atom. The normalized spacial score (nSPS) is 11.0. The van der Waals surface area contributed by atoms with Gasteiger partial charge in [0.1, 0.15) is 41.0 Å². The van der Waals surface area contributed by atoms with Crippen LogP contribution in [0.1, 0.15) is 13.3 Å². The van der Waals surface area contributed by atoms with Gasteiger partial charge in [-0.1, -0.05) is 18.8 Å². The fraction of sp³-hybridized carbons (Fsp3) is 0.105. The van der Waals surface area contributed by atoms with Crippen molar-refractivity contribution in [2.24, 2.45) is 0 Å². The second kappa shape index (κ2) is 7.74. The van der Waals surface area contributed by atoms with Gasteiger partial charge in [0.2, 0.25) is 0 Å². The summed E-state index contributed by atoms with van der Waals surface area (Å²) < 4.78 is 86.8. The molecule has 28 heavy (non-hydrogen) atoms. The molecule has 2 rings (SSSR count). The van der Waals surface area contributed by atoms with E-state index in [2.05, 4.69) is 11.8 Å². The first-order chi connectivity index (χ1) is 13.3. The summed E-state index contributed by atoms with van der Waals surface area (Å²) in [7, 11) is 0. The maximum absolute atomic E-state index is 14.7. The molecule has 0 aliphatic carbocycles. The molecule has 0 radical (unpaired) electrons. The van der Waals surface area contributed by atoms with E-state index in [1.54, 1.807) is 6.92 Å². The zero-order valence-corrected chi connectivity index (χ0v) is 13.8. The first-order valence-corrected chi connectivity index (χ1v) is 7.37. The van der Waals surface area contributed by atoms with Crippen molar-refractivity contribution in [3.05, 3.63) is 45.3 Å². The van der Waals surface area contributed by atoms with Crippen LogP contribution in [0, 0.1) is 80.7 Å². The number of nitriles is 3. The van der Waals surface area contributed by atoms with Crippen LogP contribution >= 0.6 is 0 Å². The van der Waals surface area contributed by atoms with Crippen LogP contribution in [0.4, 0.5) is 26.3 Å². The van der Waals surface area contributed by atoms with Gasteiger partial charge in [0.15, 0.2) is 23.3 Å². The van der Waals surface area contributed by atoms with Crippen LogP contribution in [0.15, 0.2) is 0 Å². The van der Waals surface area contributed by atoms with Gasteiger partial charge in [-0.05, 0) is 0 Å². The fourth-order valence-corrected chi connectivity index (χ4v) is 2.41. The van der Waals surface area contributed by atoms with E-state index in [-0.39, 0.29) is 6.42 Å². The van der Waals surface area contributed by atoms with Crippen LogP contribution in [0.2, 0.25) is 0 Å². The average Bonchev–Trinajstić information content (AvgIpc) is 2.68. The number of hydrogen-bond acceptors (Lipinski definition) is 3. The van der Waals surface area contributed by atoms with Crippen molar-refractivity contribution < 1.29 is 26.3 Å². The summed E-state index contributed by atoms with van der Waals surface area (Å²) >= 11 is 0. The van der Waals surface area contributed by atoms with Gasteiger partial charge in [-0.3, -0.25) is 0 Å². The number of hydrogen-bond donors (Lipinski definition) is 0. The number of benzene rings is 2. The van der Waals surface area contributed by atoms with Crippen molar-refractivity contribution in [1.82, 2.24) is 0 Å². The van der Waals surface area contributed by atoms with Gasteiger partial charge in [0, 0.05) is 6.42 Å². The smallest absolute Gasteiger partial charge is 0.171 e. The third-order valence-corrected chi connectivity index (χ3v) is 3.62. The lowest BCUT2D eigenvalue weighted by Crippen LogP contribution is -2.25. The van der Waals surface area contributed by atoms with Crippen LogP contribution in [0.25, 0.3) is 21.9 Å². The molecule has 0 saturated heterocycles. The number of fused-ring (bicyclic) bond motifs is 1. The van der Waals surface area contributed by atoms with E-state index in [9.17, 15) is 26.3 Å². The first-order valence-electron chi connectivity index (χ1n) is 7.37. The molecule has 0 aliphatic heterocycles. The van der Waals surface area contributed by atoms with Crippen molar-refractivity contribution in [1.29, 1.82) is 15.8 Å². The van der Waals surface area contributed by atoms with Crippen LogP contribution in [0.5, 0.6) is 0 Å². The van der Waals surface area contributed by atoms with Gasteiger partial charge >= 0.3 is 0 Å². The van der Waals surface area contributed by atoms with E-state index < -0.39 is 67.3 Å². The molecule has 0 amide bonds. The summed E-state index contributed by atoms with van der Waals surface area (Å²) in [5, 5.41) is 20.3. The molecule has 0 saturated carbocycles. The van der Waals surface area contributed by atoms with Crippen molar-refractivity contribution in [3.8, 4) is 30.0 Å². The van der Waals surface area contributed by atoms with Crippen LogP contribution in [0.3, 0.4) is 0 Å². The standard InChI is InChI=1S/C19H5F6N3/c1-2-3-4-8(5-26)10-14(20)12-13(18(24)16(10)22)15(21)11(9(6-27)7-28)17(23)19(12)25/h2H2,1H3. The molecule has 0 N–H and O–H groups in total. The van der Waals surface area contributed by atoms with E-state index in [0.717, 1.165) is 12.1 Å². The van der Waals surface area contributed by atoms with E-state index in [1.165, 1.54) is 6.07 Å². The van der Waals surface area contributed by atoms with Crippen LogP contribution in [-0.4, -0.2) is 0 Å². The lowest BCUT2D eigenvalue weighted by Gasteiger charge is -2.09. The van der Waals surface area contributed by atoms with E-state index in [4.69, 9.17) is 15.8 Å². The molecule has 0 fully saturated rings. The Morgan fingerprint density at radius 3 is 1.39 bits per heavy atom. The number of halogens is 6. The minimum atomic E-state index is -2.16. The van der Waals surface area contributed by atoms with E-state index in [0.29, 0.717) is 0 Å². The molecule has 2 aromatic rings. The van der Waals surface area contributed by atoms with Gasteiger partial charge in [0.25, 0.3) is 0 Å². The molecule has 0 bridgehead atoms. The molecule has 138 valence electrons. The number of nitrogens with zero attached hydrogens (tertiary/aromatic N) is 3. The third-order valence-electron chi connectivity index (χ3n) is 3.62. The SMILES string of the molecule is CCC#CC(C#N)=c1c(F)c(F)c2c(F)c(=C(C#N)C#N)c(F)c(F)c2c1F. The molecule has 0 aromatic heterocycles. The molecule has 0 unspecified atom stereocenters. The lowest BCUT2D eigenvalue weighted by atomic mass is 10.0. The first kappa shape index (κ1) is 20.4. The average molecular weight is 389 g/mol. The number of rotatable bonds is 0. The monoisotopic (exact) mass is 389 g/mol. The molecular formula is C19H5F6N3. The maximum atomic E-state index is 14.7. The van der Waals surface area contributed by atoms with Gasteiger partial charge in [0.05, 0.1) is 21.2 Å². The lowest BCUT2D eigenvalue weighted by molar-refractivity contribution is 0.471. The summed E-state index contributed by atoms with van der Waals surface area (Å²) in [5.74, 6) is -8.10.